The van der Waals surface area contributed by atoms with Gasteiger partial charge in [-0.1, -0.05) is 0 Å². The van der Waals surface area contributed by atoms with Crippen molar-refractivity contribution in [2.24, 2.45) is 0 Å². The Labute approximate surface area is 137 Å². The van der Waals surface area contributed by atoms with E-state index in [9.17, 15) is 22.0 Å². The molecule has 126 valence electrons. The first-order valence-electron chi connectivity index (χ1n) is 6.78. The molecule has 4 nitrogen and oxygen atoms in total. The molecule has 25 heavy (non-hydrogen) atoms. The van der Waals surface area contributed by atoms with Crippen molar-refractivity contribution in [3.05, 3.63) is 59.3 Å². The Hall–Kier alpha value is -3.28. The van der Waals surface area contributed by atoms with Crippen LogP contribution in [0.4, 0.5) is 22.0 Å². The van der Waals surface area contributed by atoms with Gasteiger partial charge in [0, 0.05) is 17.2 Å². The molecule has 1 heterocycles. The van der Waals surface area contributed by atoms with E-state index in [4.69, 9.17) is 5.26 Å². The van der Waals surface area contributed by atoms with E-state index in [1.54, 1.807) is 6.07 Å². The van der Waals surface area contributed by atoms with Crippen LogP contribution in [-0.4, -0.2) is 15.4 Å². The largest absolute Gasteiger partial charge is 0.416 e. The molecule has 0 aliphatic heterocycles. The minimum atomic E-state index is -4.71. The summed E-state index contributed by atoms with van der Waals surface area (Å²) in [5, 5.41) is 18.3. The molecule has 0 aliphatic rings. The van der Waals surface area contributed by atoms with Gasteiger partial charge in [0.1, 0.15) is 23.4 Å². The third-order valence-corrected chi connectivity index (χ3v) is 3.43. The summed E-state index contributed by atoms with van der Waals surface area (Å²) in [5.74, 6) is -1.86. The fourth-order valence-electron chi connectivity index (χ4n) is 2.32. The van der Waals surface area contributed by atoms with Gasteiger partial charge in [-0.25, -0.2) is 8.78 Å². The number of aromatic nitrogens is 3. The van der Waals surface area contributed by atoms with Crippen LogP contribution in [0.25, 0.3) is 22.4 Å². The van der Waals surface area contributed by atoms with Crippen molar-refractivity contribution in [3.63, 3.8) is 0 Å². The molecule has 0 spiro atoms. The number of nitrogens with zero attached hydrogens (tertiary/aromatic N) is 3. The van der Waals surface area contributed by atoms with Gasteiger partial charge in [-0.2, -0.15) is 28.7 Å². The summed E-state index contributed by atoms with van der Waals surface area (Å²) in [5.41, 5.74) is -1.78. The second kappa shape index (κ2) is 5.98. The van der Waals surface area contributed by atoms with Crippen LogP contribution in [-0.2, 0) is 6.18 Å². The Morgan fingerprint density at radius 1 is 0.960 bits per heavy atom. The molecule has 0 saturated carbocycles. The molecule has 0 fully saturated rings. The van der Waals surface area contributed by atoms with Crippen molar-refractivity contribution in [2.45, 2.75) is 6.18 Å². The SMILES string of the molecule is N#Cc1n[nH]nc1-c1cc(-c2ccc(F)cc2F)cc(C(F)(F)F)c1. The molecule has 0 saturated heterocycles. The van der Waals surface area contributed by atoms with Gasteiger partial charge in [-0.15, -0.1) is 5.10 Å². The molecular formula is C16H7F5N4. The smallest absolute Gasteiger partial charge is 0.207 e. The Kier molecular flexibility index (Phi) is 3.96. The number of hydrogen-bond donors (Lipinski definition) is 1. The Morgan fingerprint density at radius 3 is 2.32 bits per heavy atom. The lowest BCUT2D eigenvalue weighted by molar-refractivity contribution is -0.137. The maximum atomic E-state index is 14.0. The average molecular weight is 350 g/mol. The van der Waals surface area contributed by atoms with Crippen LogP contribution in [0, 0.1) is 23.0 Å². The summed E-state index contributed by atoms with van der Waals surface area (Å²) in [4.78, 5) is 0. The molecule has 9 heteroatoms. The molecule has 0 atom stereocenters. The summed E-state index contributed by atoms with van der Waals surface area (Å²) in [6.07, 6.45) is -4.71. The fourth-order valence-corrected chi connectivity index (χ4v) is 2.32. The molecule has 0 radical (unpaired) electrons. The van der Waals surface area contributed by atoms with Crippen LogP contribution in [0.2, 0.25) is 0 Å². The highest BCUT2D eigenvalue weighted by atomic mass is 19.4. The van der Waals surface area contributed by atoms with Gasteiger partial charge in [-0.05, 0) is 35.9 Å². The van der Waals surface area contributed by atoms with Gasteiger partial charge < -0.3 is 0 Å². The minimum absolute atomic E-state index is 0.0705. The molecular weight excluding hydrogens is 343 g/mol. The van der Waals surface area contributed by atoms with Crippen LogP contribution in [0.1, 0.15) is 11.3 Å². The average Bonchev–Trinajstić information content (AvgIpc) is 3.02. The molecule has 0 unspecified atom stereocenters. The predicted molar refractivity (Wildman–Crippen MR) is 76.9 cm³/mol. The first-order chi connectivity index (χ1) is 11.8. The van der Waals surface area contributed by atoms with E-state index in [0.29, 0.717) is 6.07 Å². The number of nitriles is 1. The molecule has 1 aromatic heterocycles. The number of alkyl halides is 3. The topological polar surface area (TPSA) is 65.4 Å². The number of nitrogens with one attached hydrogen (secondary N) is 1. The van der Waals surface area contributed by atoms with Crippen LogP contribution in [0.3, 0.4) is 0 Å². The van der Waals surface area contributed by atoms with Crippen LogP contribution < -0.4 is 0 Å². The van der Waals surface area contributed by atoms with Gasteiger partial charge in [0.15, 0.2) is 5.69 Å². The number of benzene rings is 2. The van der Waals surface area contributed by atoms with Crippen molar-refractivity contribution in [1.82, 2.24) is 15.4 Å². The third-order valence-electron chi connectivity index (χ3n) is 3.43. The highest BCUT2D eigenvalue weighted by Crippen LogP contribution is 2.37. The van der Waals surface area contributed by atoms with Gasteiger partial charge in [0.2, 0.25) is 0 Å². The van der Waals surface area contributed by atoms with Crippen LogP contribution >= 0.6 is 0 Å². The van der Waals surface area contributed by atoms with E-state index in [-0.39, 0.29) is 28.1 Å². The molecule has 3 aromatic rings. The normalized spacial score (nSPS) is 11.4. The summed E-state index contributed by atoms with van der Waals surface area (Å²) < 4.78 is 66.6. The second-order valence-corrected chi connectivity index (χ2v) is 5.05. The van der Waals surface area contributed by atoms with Crippen LogP contribution in [0.5, 0.6) is 0 Å². The molecule has 0 aliphatic carbocycles. The zero-order valence-electron chi connectivity index (χ0n) is 12.2. The molecule has 2 aromatic carbocycles. The van der Waals surface area contributed by atoms with Crippen molar-refractivity contribution in [2.75, 3.05) is 0 Å². The number of H-pyrrole nitrogens is 1. The summed E-state index contributed by atoms with van der Waals surface area (Å²) >= 11 is 0. The standard InChI is InChI=1S/C16H7F5N4/c17-11-1-2-12(13(18)6-11)8-3-9(5-10(4-8)16(19,20)21)15-14(7-22)23-25-24-15/h1-6H,(H,23,24,25). The molecule has 3 rings (SSSR count). The maximum Gasteiger partial charge on any atom is 0.416 e. The maximum absolute atomic E-state index is 14.0. The number of rotatable bonds is 2. The van der Waals surface area contributed by atoms with E-state index >= 15 is 0 Å². The quantitative estimate of drug-likeness (QED) is 0.701. The zero-order chi connectivity index (χ0) is 18.2. The third kappa shape index (κ3) is 3.19. The highest BCUT2D eigenvalue weighted by Gasteiger charge is 2.32. The van der Waals surface area contributed by atoms with Gasteiger partial charge in [0.05, 0.1) is 5.56 Å². The molecule has 0 amide bonds. The second-order valence-electron chi connectivity index (χ2n) is 5.05. The van der Waals surface area contributed by atoms with E-state index in [0.717, 1.165) is 24.3 Å². The zero-order valence-corrected chi connectivity index (χ0v) is 12.2. The Balaban J connectivity index is 2.26. The van der Waals surface area contributed by atoms with Crippen molar-refractivity contribution in [3.8, 4) is 28.5 Å². The lowest BCUT2D eigenvalue weighted by atomic mass is 9.97. The molecule has 1 N–H and O–H groups in total. The number of halogens is 5. The fraction of sp³-hybridized carbons (Fsp3) is 0.0625. The van der Waals surface area contributed by atoms with Crippen molar-refractivity contribution in [1.29, 1.82) is 5.26 Å². The van der Waals surface area contributed by atoms with E-state index in [2.05, 4.69) is 15.4 Å². The molecule has 0 bridgehead atoms. The first-order valence-corrected chi connectivity index (χ1v) is 6.78. The van der Waals surface area contributed by atoms with Crippen LogP contribution in [0.15, 0.2) is 36.4 Å². The van der Waals surface area contributed by atoms with Gasteiger partial charge in [0.25, 0.3) is 0 Å². The van der Waals surface area contributed by atoms with E-state index < -0.39 is 23.4 Å². The van der Waals surface area contributed by atoms with Crippen molar-refractivity contribution < 1.29 is 22.0 Å². The lowest BCUT2D eigenvalue weighted by Crippen LogP contribution is -2.06. The first kappa shape index (κ1) is 16.6. The summed E-state index contributed by atoms with van der Waals surface area (Å²) in [6, 6.07) is 7.01. The predicted octanol–water partition coefficient (Wildman–Crippen LogP) is 4.31. The Bertz CT molecular complexity index is 985. The van der Waals surface area contributed by atoms with E-state index in [1.165, 1.54) is 6.07 Å². The highest BCUT2D eigenvalue weighted by molar-refractivity contribution is 5.74. The number of hydrogen-bond acceptors (Lipinski definition) is 3. The number of aromatic amines is 1. The summed E-state index contributed by atoms with van der Waals surface area (Å²) in [6.45, 7) is 0. The minimum Gasteiger partial charge on any atom is -0.207 e. The monoisotopic (exact) mass is 350 g/mol. The van der Waals surface area contributed by atoms with Gasteiger partial charge >= 0.3 is 6.18 Å². The Morgan fingerprint density at radius 2 is 1.68 bits per heavy atom. The van der Waals surface area contributed by atoms with Crippen molar-refractivity contribution >= 4 is 0 Å². The van der Waals surface area contributed by atoms with Gasteiger partial charge in [-0.3, -0.25) is 0 Å². The van der Waals surface area contributed by atoms with E-state index in [1.807, 2.05) is 0 Å². The lowest BCUT2D eigenvalue weighted by Gasteiger charge is -2.12. The summed E-state index contributed by atoms with van der Waals surface area (Å²) in [7, 11) is 0.